The van der Waals surface area contributed by atoms with Crippen LogP contribution >= 0.6 is 0 Å². The van der Waals surface area contributed by atoms with Crippen molar-refractivity contribution in [2.45, 2.75) is 86.2 Å². The molecule has 0 saturated heterocycles. The highest BCUT2D eigenvalue weighted by Gasteiger charge is 2.22. The summed E-state index contributed by atoms with van der Waals surface area (Å²) in [6.07, 6.45) is 1.29. The van der Waals surface area contributed by atoms with Gasteiger partial charge in [0.15, 0.2) is 5.82 Å². The fourth-order valence-corrected chi connectivity index (χ4v) is 3.36. The van der Waals surface area contributed by atoms with E-state index in [-0.39, 0.29) is 6.54 Å². The van der Waals surface area contributed by atoms with Crippen LogP contribution in [0, 0.1) is 0 Å². The lowest BCUT2D eigenvalue weighted by Gasteiger charge is -2.20. The van der Waals surface area contributed by atoms with Crippen LogP contribution in [0.15, 0.2) is 24.3 Å². The van der Waals surface area contributed by atoms with Gasteiger partial charge in [-0.2, -0.15) is 0 Å². The molecule has 10 nitrogen and oxygen atoms in total. The van der Waals surface area contributed by atoms with E-state index in [0.29, 0.717) is 26.0 Å². The lowest BCUT2D eigenvalue weighted by Crippen LogP contribution is -2.33. The van der Waals surface area contributed by atoms with Crippen molar-refractivity contribution < 1.29 is 24.2 Å². The van der Waals surface area contributed by atoms with Crippen molar-refractivity contribution in [1.82, 2.24) is 19.9 Å². The normalized spacial score (nSPS) is 11.2. The molecule has 0 aliphatic heterocycles. The monoisotopic (exact) mass is 531 g/mol. The molecule has 0 fully saturated rings. The highest BCUT2D eigenvalue weighted by molar-refractivity contribution is 6.07. The number of hydrogen-bond acceptors (Lipinski definition) is 8. The number of pyridine rings is 1. The van der Waals surface area contributed by atoms with Crippen LogP contribution in [0.2, 0.25) is 0 Å². The quantitative estimate of drug-likeness (QED) is 0.344. The number of imidazole rings is 1. The molecule has 38 heavy (non-hydrogen) atoms. The standard InChI is InChI=1S/C18H24N4O2.C7H13NO3.C3H8/c1-5-24-10-14-21-15-16(22(14)11-18(2,3)23)12-8-6-7-9-13(12)20-17(15)19-4;1-7(2,3)11-6(10)8-4-5-9;1-3-2/h6-9,23H,5,10-11H2,1-4H3,(H,19,20);5H,4H2,1-3H3,(H,8,10);3H2,1-2H3. The van der Waals surface area contributed by atoms with E-state index in [0.717, 1.165) is 33.6 Å². The molecule has 0 radical (unpaired) electrons. The molecule has 10 heteroatoms. The summed E-state index contributed by atoms with van der Waals surface area (Å²) in [5.74, 6) is 1.53. The number of nitrogens with one attached hydrogen (secondary N) is 2. The minimum Gasteiger partial charge on any atom is -0.444 e. The summed E-state index contributed by atoms with van der Waals surface area (Å²) in [5.41, 5.74) is 1.30. The van der Waals surface area contributed by atoms with Gasteiger partial charge in [-0.15, -0.1) is 0 Å². The van der Waals surface area contributed by atoms with Crippen LogP contribution in [0.1, 0.15) is 67.6 Å². The van der Waals surface area contributed by atoms with Crippen LogP contribution in [0.3, 0.4) is 0 Å². The summed E-state index contributed by atoms with van der Waals surface area (Å²) < 4.78 is 12.5. The molecule has 0 atom stereocenters. The van der Waals surface area contributed by atoms with Crippen LogP contribution in [0.5, 0.6) is 0 Å². The summed E-state index contributed by atoms with van der Waals surface area (Å²) in [7, 11) is 1.84. The van der Waals surface area contributed by atoms with Crippen molar-refractivity contribution in [3.05, 3.63) is 30.1 Å². The molecule has 1 aromatic carbocycles. The van der Waals surface area contributed by atoms with Gasteiger partial charge in [0.1, 0.15) is 29.8 Å². The summed E-state index contributed by atoms with van der Waals surface area (Å²) in [6, 6.07) is 7.99. The van der Waals surface area contributed by atoms with E-state index in [1.807, 2.05) is 38.2 Å². The van der Waals surface area contributed by atoms with Gasteiger partial charge in [0.2, 0.25) is 0 Å². The van der Waals surface area contributed by atoms with Gasteiger partial charge in [-0.25, -0.2) is 14.8 Å². The van der Waals surface area contributed by atoms with E-state index in [2.05, 4.69) is 34.0 Å². The van der Waals surface area contributed by atoms with Gasteiger partial charge in [-0.3, -0.25) is 0 Å². The van der Waals surface area contributed by atoms with E-state index in [9.17, 15) is 14.7 Å². The highest BCUT2D eigenvalue weighted by Crippen LogP contribution is 2.31. The minimum absolute atomic E-state index is 0.00505. The molecule has 0 aliphatic rings. The predicted octanol–water partition coefficient (Wildman–Crippen LogP) is 5.06. The Morgan fingerprint density at radius 2 is 1.74 bits per heavy atom. The number of fused-ring (bicyclic) bond motifs is 3. The number of nitrogens with zero attached hydrogens (tertiary/aromatic N) is 3. The Morgan fingerprint density at radius 1 is 1.11 bits per heavy atom. The molecule has 3 aromatic rings. The van der Waals surface area contributed by atoms with Gasteiger partial charge in [-0.1, -0.05) is 38.5 Å². The Morgan fingerprint density at radius 3 is 2.26 bits per heavy atom. The highest BCUT2D eigenvalue weighted by atomic mass is 16.6. The van der Waals surface area contributed by atoms with Crippen molar-refractivity contribution in [2.24, 2.45) is 0 Å². The van der Waals surface area contributed by atoms with E-state index < -0.39 is 17.3 Å². The Balaban J connectivity index is 0.000000434. The average Bonchev–Trinajstić information content (AvgIpc) is 3.17. The lowest BCUT2D eigenvalue weighted by molar-refractivity contribution is -0.107. The van der Waals surface area contributed by atoms with Crippen molar-refractivity contribution in [1.29, 1.82) is 0 Å². The summed E-state index contributed by atoms with van der Waals surface area (Å²) >= 11 is 0. The number of aldehydes is 1. The molecular formula is C28H45N5O5. The molecule has 2 aromatic heterocycles. The Hall–Kier alpha value is -3.24. The average molecular weight is 532 g/mol. The van der Waals surface area contributed by atoms with E-state index in [1.165, 1.54) is 6.42 Å². The van der Waals surface area contributed by atoms with Crippen molar-refractivity contribution in [3.8, 4) is 0 Å². The van der Waals surface area contributed by atoms with Crippen LogP contribution < -0.4 is 10.6 Å². The number of ether oxygens (including phenoxy) is 2. The van der Waals surface area contributed by atoms with E-state index >= 15 is 0 Å². The van der Waals surface area contributed by atoms with Gasteiger partial charge in [0.05, 0.1) is 29.7 Å². The van der Waals surface area contributed by atoms with Crippen LogP contribution in [0.4, 0.5) is 10.6 Å². The number of benzene rings is 1. The number of aliphatic hydroxyl groups is 1. The van der Waals surface area contributed by atoms with Crippen molar-refractivity contribution in [3.63, 3.8) is 0 Å². The fraction of sp³-hybridized carbons (Fsp3) is 0.571. The zero-order valence-corrected chi connectivity index (χ0v) is 24.3. The third-order valence-corrected chi connectivity index (χ3v) is 4.61. The van der Waals surface area contributed by atoms with Gasteiger partial charge in [0.25, 0.3) is 0 Å². The Labute approximate surface area is 226 Å². The number of para-hydroxylation sites is 1. The second-order valence-corrected chi connectivity index (χ2v) is 10.2. The van der Waals surface area contributed by atoms with Gasteiger partial charge in [-0.05, 0) is 47.6 Å². The van der Waals surface area contributed by atoms with Crippen LogP contribution in [-0.2, 0) is 27.4 Å². The van der Waals surface area contributed by atoms with Gasteiger partial charge in [0, 0.05) is 19.0 Å². The van der Waals surface area contributed by atoms with Gasteiger partial charge >= 0.3 is 6.09 Å². The van der Waals surface area contributed by atoms with Crippen LogP contribution in [-0.4, -0.2) is 63.4 Å². The van der Waals surface area contributed by atoms with E-state index in [1.54, 1.807) is 34.6 Å². The molecule has 0 saturated carbocycles. The molecular weight excluding hydrogens is 486 g/mol. The fourth-order valence-electron chi connectivity index (χ4n) is 3.36. The number of carbonyl (C=O) groups excluding carboxylic acids is 2. The zero-order valence-electron chi connectivity index (χ0n) is 24.3. The van der Waals surface area contributed by atoms with Crippen molar-refractivity contribution in [2.75, 3.05) is 25.5 Å². The summed E-state index contributed by atoms with van der Waals surface area (Å²) in [5, 5.41) is 16.8. The molecule has 0 aliphatic carbocycles. The van der Waals surface area contributed by atoms with Gasteiger partial charge < -0.3 is 34.6 Å². The number of alkyl carbamates (subject to hydrolysis) is 1. The topological polar surface area (TPSA) is 128 Å². The lowest BCUT2D eigenvalue weighted by atomic mass is 10.1. The number of anilines is 1. The van der Waals surface area contributed by atoms with Crippen molar-refractivity contribution >= 4 is 40.1 Å². The number of aromatic nitrogens is 3. The maximum Gasteiger partial charge on any atom is 0.408 e. The minimum atomic E-state index is -0.862. The molecule has 0 unspecified atom stereocenters. The molecule has 3 N–H and O–H groups in total. The zero-order chi connectivity index (χ0) is 28.9. The largest absolute Gasteiger partial charge is 0.444 e. The molecule has 0 bridgehead atoms. The first kappa shape index (κ1) is 32.8. The SMILES string of the molecule is CC(C)(C)OC(=O)NCC=O.CCC.CCOCc1nc2c(NC)nc3ccccc3c2n1CC(C)(C)O. The molecule has 1 amide bonds. The first-order chi connectivity index (χ1) is 17.8. The first-order valence-corrected chi connectivity index (χ1v) is 13.0. The number of hydrogen-bond donors (Lipinski definition) is 3. The number of amides is 1. The number of rotatable bonds is 8. The van der Waals surface area contributed by atoms with E-state index in [4.69, 9.17) is 14.5 Å². The molecule has 3 rings (SSSR count). The second-order valence-electron chi connectivity index (χ2n) is 10.2. The number of carbonyl (C=O) groups is 2. The maximum atomic E-state index is 10.7. The van der Waals surface area contributed by atoms with Crippen LogP contribution in [0.25, 0.3) is 21.9 Å². The predicted molar refractivity (Wildman–Crippen MR) is 152 cm³/mol. The summed E-state index contributed by atoms with van der Waals surface area (Å²) in [4.78, 5) is 29.9. The third kappa shape index (κ3) is 10.6. The third-order valence-electron chi connectivity index (χ3n) is 4.61. The Kier molecular flexibility index (Phi) is 13.1. The smallest absolute Gasteiger partial charge is 0.408 e. The molecule has 212 valence electrons. The summed E-state index contributed by atoms with van der Waals surface area (Å²) in [6.45, 7) is 16.5. The second kappa shape index (κ2) is 15.2. The first-order valence-electron chi connectivity index (χ1n) is 13.0. The molecule has 2 heterocycles. The molecule has 0 spiro atoms. The Bertz CT molecular complexity index is 1160. The maximum absolute atomic E-state index is 10.7.